The molecule has 1 aromatic heterocycles. The third-order valence-electron chi connectivity index (χ3n) is 4.40. The van der Waals surface area contributed by atoms with Crippen LogP contribution in [-0.2, 0) is 6.61 Å². The lowest BCUT2D eigenvalue weighted by Crippen LogP contribution is -1.99. The van der Waals surface area contributed by atoms with E-state index < -0.39 is 0 Å². The van der Waals surface area contributed by atoms with Gasteiger partial charge < -0.3 is 9.47 Å². The predicted octanol–water partition coefficient (Wildman–Crippen LogP) is 5.95. The summed E-state index contributed by atoms with van der Waals surface area (Å²) < 4.78 is 12.6. The summed E-state index contributed by atoms with van der Waals surface area (Å²) in [6.45, 7) is 0.408. The van der Waals surface area contributed by atoms with Crippen molar-refractivity contribution in [1.29, 1.82) is 5.26 Å². The van der Waals surface area contributed by atoms with Gasteiger partial charge in [0.05, 0.1) is 22.9 Å². The van der Waals surface area contributed by atoms with Crippen LogP contribution in [0.5, 0.6) is 11.5 Å². The second-order valence-electron chi connectivity index (χ2n) is 6.31. The number of hydrogen-bond acceptors (Lipinski definition) is 5. The van der Waals surface area contributed by atoms with Gasteiger partial charge in [-0.2, -0.15) is 5.26 Å². The van der Waals surface area contributed by atoms with Gasteiger partial charge in [0.1, 0.15) is 17.7 Å². The minimum Gasteiger partial charge on any atom is -0.493 e. The number of thiazole rings is 1. The first-order valence-electron chi connectivity index (χ1n) is 9.10. The van der Waals surface area contributed by atoms with Gasteiger partial charge in [0.25, 0.3) is 0 Å². The smallest absolute Gasteiger partial charge is 0.168 e. The van der Waals surface area contributed by atoms with Crippen molar-refractivity contribution in [2.75, 3.05) is 7.11 Å². The van der Waals surface area contributed by atoms with Crippen LogP contribution < -0.4 is 9.47 Å². The van der Waals surface area contributed by atoms with Crippen molar-refractivity contribution in [3.63, 3.8) is 0 Å². The molecule has 0 fully saturated rings. The van der Waals surface area contributed by atoms with Crippen LogP contribution in [0.2, 0.25) is 0 Å². The summed E-state index contributed by atoms with van der Waals surface area (Å²) in [6.07, 6.45) is 1.81. The van der Waals surface area contributed by atoms with Crippen molar-refractivity contribution in [1.82, 2.24) is 4.98 Å². The number of rotatable bonds is 6. The number of methoxy groups -OCH3 is 1. The molecule has 1 heterocycles. The van der Waals surface area contributed by atoms with E-state index in [2.05, 4.69) is 11.1 Å². The largest absolute Gasteiger partial charge is 0.493 e. The summed E-state index contributed by atoms with van der Waals surface area (Å²) in [5.74, 6) is 1.23. The highest BCUT2D eigenvalue weighted by molar-refractivity contribution is 7.19. The summed E-state index contributed by atoms with van der Waals surface area (Å²) in [7, 11) is 1.61. The molecule has 0 bridgehead atoms. The molecule has 142 valence electrons. The first-order chi connectivity index (χ1) is 14.3. The average Bonchev–Trinajstić information content (AvgIpc) is 3.21. The summed E-state index contributed by atoms with van der Waals surface area (Å²) in [5.41, 5.74) is 3.21. The molecule has 29 heavy (non-hydrogen) atoms. The zero-order chi connectivity index (χ0) is 20.1. The zero-order valence-electron chi connectivity index (χ0n) is 15.8. The Morgan fingerprint density at radius 1 is 1.03 bits per heavy atom. The number of ether oxygens (including phenoxy) is 2. The molecule has 0 radical (unpaired) electrons. The van der Waals surface area contributed by atoms with Crippen LogP contribution in [0, 0.1) is 11.3 Å². The number of nitriles is 1. The van der Waals surface area contributed by atoms with Crippen LogP contribution in [0.1, 0.15) is 16.1 Å². The molecule has 3 aromatic carbocycles. The van der Waals surface area contributed by atoms with Crippen molar-refractivity contribution >= 4 is 33.2 Å². The maximum atomic E-state index is 9.77. The predicted molar refractivity (Wildman–Crippen MR) is 117 cm³/mol. The molecule has 0 unspecified atom stereocenters. The van der Waals surface area contributed by atoms with Crippen molar-refractivity contribution in [2.45, 2.75) is 6.61 Å². The Morgan fingerprint density at radius 2 is 1.83 bits per heavy atom. The number of nitrogens with zero attached hydrogens (tertiary/aromatic N) is 2. The van der Waals surface area contributed by atoms with Crippen molar-refractivity contribution in [2.24, 2.45) is 0 Å². The van der Waals surface area contributed by atoms with Gasteiger partial charge in [-0.3, -0.25) is 0 Å². The second kappa shape index (κ2) is 8.59. The highest BCUT2D eigenvalue weighted by Gasteiger charge is 2.13. The number of aromatic nitrogens is 1. The van der Waals surface area contributed by atoms with Gasteiger partial charge in [0.15, 0.2) is 11.5 Å². The third-order valence-corrected chi connectivity index (χ3v) is 5.47. The first-order valence-corrected chi connectivity index (χ1v) is 9.91. The van der Waals surface area contributed by atoms with Gasteiger partial charge in [-0.1, -0.05) is 54.6 Å². The number of fused-ring (bicyclic) bond motifs is 1. The van der Waals surface area contributed by atoms with Gasteiger partial charge in [-0.05, 0) is 29.8 Å². The SMILES string of the molecule is COc1cccc(/C=C(/C#N)c2nc3ccccc3s2)c1OCc1ccccc1. The van der Waals surface area contributed by atoms with Gasteiger partial charge in [-0.15, -0.1) is 11.3 Å². The summed E-state index contributed by atoms with van der Waals surface area (Å²) >= 11 is 1.50. The van der Waals surface area contributed by atoms with E-state index in [1.54, 1.807) is 13.2 Å². The molecule has 0 aliphatic heterocycles. The highest BCUT2D eigenvalue weighted by atomic mass is 32.1. The standard InChI is InChI=1S/C24H18N2O2S/c1-27-21-12-7-10-18(23(21)28-16-17-8-3-2-4-9-17)14-19(15-25)24-26-20-11-5-6-13-22(20)29-24/h2-14H,16H2,1H3/b19-14-. The molecular weight excluding hydrogens is 380 g/mol. The van der Waals surface area contributed by atoms with Crippen LogP contribution in [0.3, 0.4) is 0 Å². The maximum Gasteiger partial charge on any atom is 0.168 e. The topological polar surface area (TPSA) is 55.1 Å². The number of allylic oxidation sites excluding steroid dienone is 1. The van der Waals surface area contributed by atoms with E-state index in [0.29, 0.717) is 28.7 Å². The number of hydrogen-bond donors (Lipinski definition) is 0. The lowest BCUT2D eigenvalue weighted by atomic mass is 10.1. The molecule has 4 nitrogen and oxygen atoms in total. The van der Waals surface area contributed by atoms with Gasteiger partial charge in [0.2, 0.25) is 0 Å². The van der Waals surface area contributed by atoms with Crippen LogP contribution in [0.4, 0.5) is 0 Å². The summed E-state index contributed by atoms with van der Waals surface area (Å²) in [4.78, 5) is 4.60. The minimum atomic E-state index is 0.408. The molecule has 5 heteroatoms. The Labute approximate surface area is 173 Å². The molecule has 0 spiro atoms. The van der Waals surface area contributed by atoms with E-state index in [-0.39, 0.29) is 0 Å². The number of para-hydroxylation sites is 2. The highest BCUT2D eigenvalue weighted by Crippen LogP contribution is 2.35. The van der Waals surface area contributed by atoms with E-state index in [1.807, 2.05) is 72.8 Å². The van der Waals surface area contributed by atoms with Crippen LogP contribution in [0.15, 0.2) is 72.8 Å². The van der Waals surface area contributed by atoms with E-state index in [1.165, 1.54) is 11.3 Å². The molecule has 0 aliphatic rings. The van der Waals surface area contributed by atoms with Crippen LogP contribution in [-0.4, -0.2) is 12.1 Å². The third kappa shape index (κ3) is 4.13. The van der Waals surface area contributed by atoms with E-state index >= 15 is 0 Å². The quantitative estimate of drug-likeness (QED) is 0.377. The lowest BCUT2D eigenvalue weighted by molar-refractivity contribution is 0.284. The maximum absolute atomic E-state index is 9.77. The molecule has 0 saturated carbocycles. The molecule has 0 N–H and O–H groups in total. The Kier molecular flexibility index (Phi) is 5.55. The minimum absolute atomic E-state index is 0.408. The zero-order valence-corrected chi connectivity index (χ0v) is 16.6. The fourth-order valence-electron chi connectivity index (χ4n) is 2.98. The van der Waals surface area contributed by atoms with E-state index in [4.69, 9.17) is 9.47 Å². The molecule has 0 atom stereocenters. The fourth-order valence-corrected chi connectivity index (χ4v) is 3.91. The van der Waals surface area contributed by atoms with Crippen LogP contribution >= 0.6 is 11.3 Å². The Bertz CT molecular complexity index is 1170. The molecule has 4 rings (SSSR count). The van der Waals surface area contributed by atoms with Crippen molar-refractivity contribution in [3.8, 4) is 17.6 Å². The Hall–Kier alpha value is -3.62. The van der Waals surface area contributed by atoms with Gasteiger partial charge in [0, 0.05) is 5.56 Å². The molecular formula is C24H18N2O2S. The van der Waals surface area contributed by atoms with Gasteiger partial charge in [-0.25, -0.2) is 4.98 Å². The normalized spacial score (nSPS) is 11.2. The van der Waals surface area contributed by atoms with Crippen LogP contribution in [0.25, 0.3) is 21.9 Å². The Morgan fingerprint density at radius 3 is 2.59 bits per heavy atom. The molecule has 0 amide bonds. The molecule has 4 aromatic rings. The summed E-state index contributed by atoms with van der Waals surface area (Å²) in [5, 5.41) is 10.5. The van der Waals surface area contributed by atoms with Crippen molar-refractivity contribution < 1.29 is 9.47 Å². The summed E-state index contributed by atoms with van der Waals surface area (Å²) in [6, 6.07) is 25.7. The van der Waals surface area contributed by atoms with Gasteiger partial charge >= 0.3 is 0 Å². The molecule has 0 saturated heterocycles. The lowest BCUT2D eigenvalue weighted by Gasteiger charge is -2.13. The monoisotopic (exact) mass is 398 g/mol. The molecule has 0 aliphatic carbocycles. The van der Waals surface area contributed by atoms with E-state index in [0.717, 1.165) is 21.3 Å². The van der Waals surface area contributed by atoms with E-state index in [9.17, 15) is 5.26 Å². The fraction of sp³-hybridized carbons (Fsp3) is 0.0833. The average molecular weight is 398 g/mol. The number of benzene rings is 3. The van der Waals surface area contributed by atoms with Crippen molar-refractivity contribution in [3.05, 3.63) is 88.9 Å². The Balaban J connectivity index is 1.71. The second-order valence-corrected chi connectivity index (χ2v) is 7.34. The first kappa shape index (κ1) is 18.7.